The van der Waals surface area contributed by atoms with Gasteiger partial charge in [0, 0.05) is 0 Å². The van der Waals surface area contributed by atoms with Crippen LogP contribution in [0.15, 0.2) is 0 Å². The normalized spacial score (nSPS) is 8.71. The van der Waals surface area contributed by atoms with Crippen LogP contribution in [0.4, 0.5) is 0 Å². The van der Waals surface area contributed by atoms with Crippen LogP contribution in [0.2, 0.25) is 0 Å². The van der Waals surface area contributed by atoms with Crippen LogP contribution in [0.5, 0.6) is 0 Å². The maximum absolute atomic E-state index is 9.70. The van der Waals surface area contributed by atoms with Gasteiger partial charge in [-0.1, -0.05) is 13.3 Å². The number of hydrogen-bond donors (Lipinski definition) is 1. The summed E-state index contributed by atoms with van der Waals surface area (Å²) in [6, 6.07) is 0. The molecule has 1 N–H and O–H groups in total. The predicted molar refractivity (Wildman–Crippen MR) is 26.8 cm³/mol. The number of unbranched alkanes of at least 4 members (excludes halogenated alkanes) is 1. The molecule has 2 nitrogen and oxygen atoms in total. The molecule has 0 aromatic carbocycles. The SMILES string of the molecule is CCC[CH]C(=O)O. The molecule has 0 aliphatic rings. The minimum absolute atomic E-state index is 0.676. The van der Waals surface area contributed by atoms with Crippen LogP contribution in [0.1, 0.15) is 19.8 Å². The van der Waals surface area contributed by atoms with Gasteiger partial charge in [0.1, 0.15) is 0 Å². The van der Waals surface area contributed by atoms with E-state index in [1.54, 1.807) is 0 Å². The molecule has 0 heterocycles. The molecule has 0 rings (SSSR count). The van der Waals surface area contributed by atoms with E-state index in [2.05, 4.69) is 0 Å². The van der Waals surface area contributed by atoms with Gasteiger partial charge in [-0.25, -0.2) is 0 Å². The smallest absolute Gasteiger partial charge is 0.307 e. The average Bonchev–Trinajstić information content (AvgIpc) is 1.61. The average molecular weight is 101 g/mol. The summed E-state index contributed by atoms with van der Waals surface area (Å²) in [5.41, 5.74) is 0. The zero-order valence-corrected chi connectivity index (χ0v) is 4.35. The van der Waals surface area contributed by atoms with Crippen molar-refractivity contribution in [2.75, 3.05) is 0 Å². The van der Waals surface area contributed by atoms with Crippen LogP contribution < -0.4 is 0 Å². The second-order valence-electron chi connectivity index (χ2n) is 1.33. The monoisotopic (exact) mass is 101 g/mol. The number of carboxylic acid groups (broad SMARTS) is 1. The Hall–Kier alpha value is -0.530. The van der Waals surface area contributed by atoms with E-state index in [1.807, 2.05) is 6.92 Å². The van der Waals surface area contributed by atoms with Gasteiger partial charge in [0.25, 0.3) is 0 Å². The van der Waals surface area contributed by atoms with Crippen molar-refractivity contribution in [3.8, 4) is 0 Å². The van der Waals surface area contributed by atoms with Crippen molar-refractivity contribution in [1.29, 1.82) is 0 Å². The fourth-order valence-electron chi connectivity index (χ4n) is 0.268. The number of carbonyl (C=O) groups is 1. The van der Waals surface area contributed by atoms with Crippen molar-refractivity contribution >= 4 is 5.97 Å². The number of carboxylic acids is 1. The van der Waals surface area contributed by atoms with Gasteiger partial charge in [0.15, 0.2) is 0 Å². The molecule has 7 heavy (non-hydrogen) atoms. The largest absolute Gasteiger partial charge is 0.481 e. The molecule has 0 aliphatic carbocycles. The first-order valence-electron chi connectivity index (χ1n) is 2.33. The molecule has 0 amide bonds. The lowest BCUT2D eigenvalue weighted by atomic mass is 10.3. The Labute approximate surface area is 43.2 Å². The van der Waals surface area contributed by atoms with Crippen LogP contribution >= 0.6 is 0 Å². The highest BCUT2D eigenvalue weighted by molar-refractivity contribution is 5.76. The van der Waals surface area contributed by atoms with E-state index >= 15 is 0 Å². The summed E-state index contributed by atoms with van der Waals surface area (Å²) in [6.07, 6.45) is 2.85. The number of rotatable bonds is 3. The van der Waals surface area contributed by atoms with Gasteiger partial charge in [-0.2, -0.15) is 0 Å². The summed E-state index contributed by atoms with van der Waals surface area (Å²) in [7, 11) is 0. The van der Waals surface area contributed by atoms with E-state index in [0.29, 0.717) is 6.42 Å². The summed E-state index contributed by atoms with van der Waals surface area (Å²) in [6.45, 7) is 1.94. The first-order valence-corrected chi connectivity index (χ1v) is 2.33. The summed E-state index contributed by atoms with van der Waals surface area (Å²) in [5, 5.41) is 7.99. The van der Waals surface area contributed by atoms with Gasteiger partial charge >= 0.3 is 5.97 Å². The molecule has 0 fully saturated rings. The molecule has 1 radical (unpaired) electrons. The summed E-state index contributed by atoms with van der Waals surface area (Å²) in [5.74, 6) is -0.818. The Morgan fingerprint density at radius 2 is 2.43 bits per heavy atom. The lowest BCUT2D eigenvalue weighted by Gasteiger charge is -1.84. The maximum atomic E-state index is 9.70. The molecule has 0 aromatic rings. The highest BCUT2D eigenvalue weighted by atomic mass is 16.4. The third-order valence-electron chi connectivity index (χ3n) is 0.608. The lowest BCUT2D eigenvalue weighted by molar-refractivity contribution is -0.133. The predicted octanol–water partition coefficient (Wildman–Crippen LogP) is 1.08. The molecule has 0 aromatic heterocycles. The first-order chi connectivity index (χ1) is 3.27. The Kier molecular flexibility index (Phi) is 3.38. The lowest BCUT2D eigenvalue weighted by Crippen LogP contribution is -1.93. The zero-order chi connectivity index (χ0) is 5.70. The number of hydrogen-bond acceptors (Lipinski definition) is 1. The maximum Gasteiger partial charge on any atom is 0.307 e. The topological polar surface area (TPSA) is 37.3 Å². The molecule has 0 spiro atoms. The van der Waals surface area contributed by atoms with Crippen molar-refractivity contribution in [1.82, 2.24) is 0 Å². The van der Waals surface area contributed by atoms with E-state index in [4.69, 9.17) is 5.11 Å². The van der Waals surface area contributed by atoms with Crippen molar-refractivity contribution in [3.05, 3.63) is 6.42 Å². The van der Waals surface area contributed by atoms with Crippen molar-refractivity contribution in [2.45, 2.75) is 19.8 Å². The molecular formula is C5H9O2. The van der Waals surface area contributed by atoms with Crippen molar-refractivity contribution in [2.24, 2.45) is 0 Å². The van der Waals surface area contributed by atoms with Gasteiger partial charge in [0.05, 0.1) is 6.42 Å². The van der Waals surface area contributed by atoms with Crippen molar-refractivity contribution < 1.29 is 9.90 Å². The van der Waals surface area contributed by atoms with E-state index in [9.17, 15) is 4.79 Å². The second-order valence-corrected chi connectivity index (χ2v) is 1.33. The van der Waals surface area contributed by atoms with E-state index < -0.39 is 5.97 Å². The van der Waals surface area contributed by atoms with Crippen LogP contribution in [-0.2, 0) is 4.79 Å². The fraction of sp³-hybridized carbons (Fsp3) is 0.600. The Morgan fingerprint density at radius 3 is 2.57 bits per heavy atom. The van der Waals surface area contributed by atoms with E-state index in [0.717, 1.165) is 6.42 Å². The zero-order valence-electron chi connectivity index (χ0n) is 4.35. The van der Waals surface area contributed by atoms with Crippen LogP contribution in [0.25, 0.3) is 0 Å². The molecular weight excluding hydrogens is 92.1 g/mol. The van der Waals surface area contributed by atoms with Crippen molar-refractivity contribution in [3.63, 3.8) is 0 Å². The highest BCUT2D eigenvalue weighted by Crippen LogP contribution is 1.89. The first kappa shape index (κ1) is 6.47. The van der Waals surface area contributed by atoms with Crippen LogP contribution in [-0.4, -0.2) is 11.1 Å². The molecule has 2 heteroatoms. The van der Waals surface area contributed by atoms with E-state index in [-0.39, 0.29) is 0 Å². The molecule has 41 valence electrons. The summed E-state index contributed by atoms with van der Waals surface area (Å²) in [4.78, 5) is 9.70. The molecule has 0 atom stereocenters. The fourth-order valence-corrected chi connectivity index (χ4v) is 0.268. The van der Waals surface area contributed by atoms with Gasteiger partial charge in [-0.15, -0.1) is 0 Å². The molecule has 0 bridgehead atoms. The minimum atomic E-state index is -0.818. The highest BCUT2D eigenvalue weighted by Gasteiger charge is 1.91. The van der Waals surface area contributed by atoms with Crippen LogP contribution in [0.3, 0.4) is 0 Å². The standard InChI is InChI=1S/C5H9O2/c1-2-3-4-5(6)7/h4H,2-3H2,1H3,(H,6,7). The molecule has 0 saturated heterocycles. The third-order valence-corrected chi connectivity index (χ3v) is 0.608. The third kappa shape index (κ3) is 5.47. The van der Waals surface area contributed by atoms with Gasteiger partial charge in [-0.3, -0.25) is 4.79 Å². The quantitative estimate of drug-likeness (QED) is 0.577. The Morgan fingerprint density at radius 1 is 1.86 bits per heavy atom. The molecule has 0 unspecified atom stereocenters. The second kappa shape index (κ2) is 3.65. The van der Waals surface area contributed by atoms with E-state index in [1.165, 1.54) is 6.42 Å². The molecule has 0 saturated carbocycles. The van der Waals surface area contributed by atoms with Gasteiger partial charge < -0.3 is 5.11 Å². The molecule has 0 aliphatic heterocycles. The summed E-state index contributed by atoms with van der Waals surface area (Å²) < 4.78 is 0. The van der Waals surface area contributed by atoms with Gasteiger partial charge in [0.2, 0.25) is 0 Å². The summed E-state index contributed by atoms with van der Waals surface area (Å²) >= 11 is 0. The van der Waals surface area contributed by atoms with Crippen LogP contribution in [0, 0.1) is 6.42 Å². The Bertz CT molecular complexity index is 59.1. The number of aliphatic carboxylic acids is 1. The minimum Gasteiger partial charge on any atom is -0.481 e. The Balaban J connectivity index is 2.82. The van der Waals surface area contributed by atoms with Gasteiger partial charge in [-0.05, 0) is 6.42 Å².